The van der Waals surface area contributed by atoms with E-state index in [9.17, 15) is 0 Å². The SMILES string of the molecule is CCOCC(C)OC(CBr)c1ccc(C)cc1. The van der Waals surface area contributed by atoms with Crippen LogP contribution < -0.4 is 0 Å². The molecule has 0 saturated carbocycles. The number of benzene rings is 1. The normalized spacial score (nSPS) is 14.6. The highest BCUT2D eigenvalue weighted by Gasteiger charge is 2.14. The smallest absolute Gasteiger partial charge is 0.0926 e. The lowest BCUT2D eigenvalue weighted by molar-refractivity contribution is -0.0383. The van der Waals surface area contributed by atoms with E-state index in [0.717, 1.165) is 11.9 Å². The van der Waals surface area contributed by atoms with Gasteiger partial charge in [-0.3, -0.25) is 0 Å². The minimum atomic E-state index is 0.0889. The van der Waals surface area contributed by atoms with Gasteiger partial charge in [-0.2, -0.15) is 0 Å². The predicted octanol–water partition coefficient (Wildman–Crippen LogP) is 3.87. The number of ether oxygens (including phenoxy) is 2. The summed E-state index contributed by atoms with van der Waals surface area (Å²) in [5, 5.41) is 0.798. The van der Waals surface area contributed by atoms with Crippen molar-refractivity contribution < 1.29 is 9.47 Å². The summed E-state index contributed by atoms with van der Waals surface area (Å²) in [6, 6.07) is 8.46. The molecule has 0 N–H and O–H groups in total. The molecule has 2 unspecified atom stereocenters. The van der Waals surface area contributed by atoms with Gasteiger partial charge in [0.1, 0.15) is 0 Å². The highest BCUT2D eigenvalue weighted by Crippen LogP contribution is 2.22. The molecule has 0 aliphatic heterocycles. The quantitative estimate of drug-likeness (QED) is 0.712. The van der Waals surface area contributed by atoms with Crippen molar-refractivity contribution >= 4 is 15.9 Å². The third-order valence-corrected chi connectivity index (χ3v) is 3.13. The van der Waals surface area contributed by atoms with Gasteiger partial charge >= 0.3 is 0 Å². The number of rotatable bonds is 7. The van der Waals surface area contributed by atoms with Crippen molar-refractivity contribution in [2.45, 2.75) is 33.0 Å². The van der Waals surface area contributed by atoms with Gasteiger partial charge in [-0.1, -0.05) is 45.8 Å². The summed E-state index contributed by atoms with van der Waals surface area (Å²) < 4.78 is 11.3. The predicted molar refractivity (Wildman–Crippen MR) is 74.8 cm³/mol. The van der Waals surface area contributed by atoms with Crippen LogP contribution in [0.25, 0.3) is 0 Å². The van der Waals surface area contributed by atoms with Crippen LogP contribution in [0.1, 0.15) is 31.1 Å². The van der Waals surface area contributed by atoms with Gasteiger partial charge in [-0.25, -0.2) is 0 Å². The molecular weight excluding hydrogens is 280 g/mol. The Bertz CT molecular complexity index is 311. The van der Waals surface area contributed by atoms with Crippen LogP contribution in [0.15, 0.2) is 24.3 Å². The van der Waals surface area contributed by atoms with Gasteiger partial charge in [-0.05, 0) is 26.3 Å². The Balaban J connectivity index is 2.56. The van der Waals surface area contributed by atoms with Gasteiger partial charge < -0.3 is 9.47 Å². The van der Waals surface area contributed by atoms with E-state index in [2.05, 4.69) is 47.1 Å². The number of aryl methyl sites for hydroxylation is 1. The molecule has 2 atom stereocenters. The second-order valence-corrected chi connectivity index (χ2v) is 4.81. The van der Waals surface area contributed by atoms with Crippen LogP contribution in [0.4, 0.5) is 0 Å². The fourth-order valence-corrected chi connectivity index (χ4v) is 2.12. The van der Waals surface area contributed by atoms with Crippen LogP contribution >= 0.6 is 15.9 Å². The molecule has 0 bridgehead atoms. The molecule has 3 heteroatoms. The third-order valence-electron chi connectivity index (χ3n) is 2.54. The topological polar surface area (TPSA) is 18.5 Å². The summed E-state index contributed by atoms with van der Waals surface area (Å²) in [6.45, 7) is 7.50. The van der Waals surface area contributed by atoms with E-state index in [4.69, 9.17) is 9.47 Å². The molecule has 1 aromatic carbocycles. The molecule has 0 aliphatic carbocycles. The largest absolute Gasteiger partial charge is 0.379 e. The summed E-state index contributed by atoms with van der Waals surface area (Å²) >= 11 is 3.50. The van der Waals surface area contributed by atoms with Gasteiger partial charge in [0.25, 0.3) is 0 Å². The van der Waals surface area contributed by atoms with E-state index in [1.54, 1.807) is 0 Å². The molecule has 0 aromatic heterocycles. The lowest BCUT2D eigenvalue weighted by Gasteiger charge is -2.21. The highest BCUT2D eigenvalue weighted by molar-refractivity contribution is 9.09. The zero-order valence-corrected chi connectivity index (χ0v) is 12.4. The van der Waals surface area contributed by atoms with Crippen LogP contribution in [0.3, 0.4) is 0 Å². The molecule has 0 aliphatic rings. The fraction of sp³-hybridized carbons (Fsp3) is 0.571. The molecule has 0 amide bonds. The van der Waals surface area contributed by atoms with Crippen LogP contribution in [0.2, 0.25) is 0 Å². The number of halogens is 1. The van der Waals surface area contributed by atoms with E-state index in [1.165, 1.54) is 11.1 Å². The zero-order chi connectivity index (χ0) is 12.7. The van der Waals surface area contributed by atoms with E-state index >= 15 is 0 Å². The van der Waals surface area contributed by atoms with Crippen molar-refractivity contribution in [2.75, 3.05) is 18.5 Å². The maximum absolute atomic E-state index is 5.96. The molecule has 1 rings (SSSR count). The number of alkyl halides is 1. The Morgan fingerprint density at radius 3 is 2.41 bits per heavy atom. The van der Waals surface area contributed by atoms with Crippen molar-refractivity contribution in [1.29, 1.82) is 0 Å². The number of hydrogen-bond acceptors (Lipinski definition) is 2. The Labute approximate surface area is 112 Å². The minimum Gasteiger partial charge on any atom is -0.379 e. The first-order valence-electron chi connectivity index (χ1n) is 6.03. The van der Waals surface area contributed by atoms with E-state index < -0.39 is 0 Å². The van der Waals surface area contributed by atoms with Crippen molar-refractivity contribution in [2.24, 2.45) is 0 Å². The molecular formula is C14H21BrO2. The summed E-state index contributed by atoms with van der Waals surface area (Å²) in [7, 11) is 0. The first-order chi connectivity index (χ1) is 8.17. The van der Waals surface area contributed by atoms with Crippen LogP contribution in [-0.2, 0) is 9.47 Å². The molecule has 0 fully saturated rings. The first-order valence-corrected chi connectivity index (χ1v) is 7.15. The average molecular weight is 301 g/mol. The Morgan fingerprint density at radius 2 is 1.88 bits per heavy atom. The summed E-state index contributed by atoms with van der Waals surface area (Å²) in [6.07, 6.45) is 0.199. The molecule has 0 saturated heterocycles. The van der Waals surface area contributed by atoms with Crippen LogP contribution in [0.5, 0.6) is 0 Å². The van der Waals surface area contributed by atoms with Gasteiger partial charge in [-0.15, -0.1) is 0 Å². The lowest BCUT2D eigenvalue weighted by atomic mass is 10.1. The Kier molecular flexibility index (Phi) is 6.78. The first kappa shape index (κ1) is 14.7. The molecule has 96 valence electrons. The molecule has 1 aromatic rings. The van der Waals surface area contributed by atoms with E-state index in [1.807, 2.05) is 13.8 Å². The van der Waals surface area contributed by atoms with Crippen LogP contribution in [-0.4, -0.2) is 24.6 Å². The standard InChI is InChI=1S/C14H21BrO2/c1-4-16-10-12(3)17-14(9-15)13-7-5-11(2)6-8-13/h5-8,12,14H,4,9-10H2,1-3H3. The zero-order valence-electron chi connectivity index (χ0n) is 10.8. The lowest BCUT2D eigenvalue weighted by Crippen LogP contribution is -2.20. The van der Waals surface area contributed by atoms with Crippen molar-refractivity contribution in [3.8, 4) is 0 Å². The maximum atomic E-state index is 5.96. The van der Waals surface area contributed by atoms with Gasteiger partial charge in [0.05, 0.1) is 18.8 Å². The molecule has 0 spiro atoms. The highest BCUT2D eigenvalue weighted by atomic mass is 79.9. The number of hydrogen-bond donors (Lipinski definition) is 0. The maximum Gasteiger partial charge on any atom is 0.0926 e. The Hall–Kier alpha value is -0.380. The van der Waals surface area contributed by atoms with Crippen molar-refractivity contribution in [3.63, 3.8) is 0 Å². The second-order valence-electron chi connectivity index (χ2n) is 4.16. The molecule has 0 radical (unpaired) electrons. The Morgan fingerprint density at radius 1 is 1.24 bits per heavy atom. The van der Waals surface area contributed by atoms with E-state index in [-0.39, 0.29) is 12.2 Å². The van der Waals surface area contributed by atoms with Crippen molar-refractivity contribution in [3.05, 3.63) is 35.4 Å². The summed E-state index contributed by atoms with van der Waals surface area (Å²) in [5.74, 6) is 0. The molecule has 0 heterocycles. The monoisotopic (exact) mass is 300 g/mol. The summed E-state index contributed by atoms with van der Waals surface area (Å²) in [5.41, 5.74) is 2.47. The summed E-state index contributed by atoms with van der Waals surface area (Å²) in [4.78, 5) is 0. The fourth-order valence-electron chi connectivity index (χ4n) is 1.59. The minimum absolute atomic E-state index is 0.0889. The third kappa shape index (κ3) is 5.19. The molecule has 2 nitrogen and oxygen atoms in total. The van der Waals surface area contributed by atoms with Gasteiger partial charge in [0.15, 0.2) is 0 Å². The average Bonchev–Trinajstić information content (AvgIpc) is 2.34. The van der Waals surface area contributed by atoms with Crippen molar-refractivity contribution in [1.82, 2.24) is 0 Å². The van der Waals surface area contributed by atoms with Gasteiger partial charge in [0, 0.05) is 11.9 Å². The van der Waals surface area contributed by atoms with E-state index in [0.29, 0.717) is 6.61 Å². The molecule has 17 heavy (non-hydrogen) atoms. The second kappa shape index (κ2) is 7.85. The van der Waals surface area contributed by atoms with Crippen LogP contribution in [0, 0.1) is 6.92 Å². The van der Waals surface area contributed by atoms with Gasteiger partial charge in [0.2, 0.25) is 0 Å².